The highest BCUT2D eigenvalue weighted by molar-refractivity contribution is 6.02. The second kappa shape index (κ2) is 5.79. The SMILES string of the molecule is Cc1cccc(CC(=O)N2CCC(N3C(=O)CNC3=O)C2)c1. The van der Waals surface area contributed by atoms with Gasteiger partial charge in [-0.15, -0.1) is 0 Å². The van der Waals surface area contributed by atoms with E-state index in [0.717, 1.165) is 11.1 Å². The molecule has 2 heterocycles. The molecule has 1 unspecified atom stereocenters. The Balaban J connectivity index is 1.61. The molecule has 4 amide bonds. The summed E-state index contributed by atoms with van der Waals surface area (Å²) in [6, 6.07) is 7.34. The molecular formula is C16H19N3O3. The van der Waals surface area contributed by atoms with Crippen molar-refractivity contribution in [3.05, 3.63) is 35.4 Å². The zero-order valence-electron chi connectivity index (χ0n) is 12.5. The highest BCUT2D eigenvalue weighted by atomic mass is 16.2. The standard InChI is InChI=1S/C16H19N3O3/c1-11-3-2-4-12(7-11)8-14(20)18-6-5-13(10-18)19-15(21)9-17-16(19)22/h2-4,7,13H,5-6,8-10H2,1H3,(H,17,22). The molecule has 6 heteroatoms. The lowest BCUT2D eigenvalue weighted by Crippen LogP contribution is -2.43. The van der Waals surface area contributed by atoms with Crippen LogP contribution in [0.15, 0.2) is 24.3 Å². The first kappa shape index (κ1) is 14.6. The topological polar surface area (TPSA) is 69.7 Å². The summed E-state index contributed by atoms with van der Waals surface area (Å²) >= 11 is 0. The zero-order valence-corrected chi connectivity index (χ0v) is 12.5. The molecule has 2 aliphatic rings. The van der Waals surface area contributed by atoms with Gasteiger partial charge in [0.25, 0.3) is 0 Å². The summed E-state index contributed by atoms with van der Waals surface area (Å²) in [6.07, 6.45) is 1.01. The summed E-state index contributed by atoms with van der Waals surface area (Å²) in [5.41, 5.74) is 2.12. The first-order valence-electron chi connectivity index (χ1n) is 7.48. The molecule has 0 spiro atoms. The number of rotatable bonds is 3. The van der Waals surface area contributed by atoms with Crippen molar-refractivity contribution in [2.45, 2.75) is 25.8 Å². The van der Waals surface area contributed by atoms with Crippen molar-refractivity contribution in [3.63, 3.8) is 0 Å². The number of carbonyl (C=O) groups is 3. The van der Waals surface area contributed by atoms with Crippen LogP contribution in [0.1, 0.15) is 17.5 Å². The minimum absolute atomic E-state index is 0.0418. The van der Waals surface area contributed by atoms with E-state index in [-0.39, 0.29) is 30.4 Å². The first-order valence-corrected chi connectivity index (χ1v) is 7.48. The van der Waals surface area contributed by atoms with E-state index in [0.29, 0.717) is 25.9 Å². The molecule has 6 nitrogen and oxygen atoms in total. The van der Waals surface area contributed by atoms with Crippen molar-refractivity contribution >= 4 is 17.8 Å². The Morgan fingerprint density at radius 2 is 2.18 bits per heavy atom. The van der Waals surface area contributed by atoms with Crippen LogP contribution in [0.3, 0.4) is 0 Å². The monoisotopic (exact) mass is 301 g/mol. The Morgan fingerprint density at radius 3 is 2.86 bits per heavy atom. The van der Waals surface area contributed by atoms with Gasteiger partial charge in [-0.05, 0) is 18.9 Å². The second-order valence-electron chi connectivity index (χ2n) is 5.87. The molecule has 3 rings (SSSR count). The van der Waals surface area contributed by atoms with Gasteiger partial charge >= 0.3 is 6.03 Å². The molecule has 1 atom stereocenters. The highest BCUT2D eigenvalue weighted by Gasteiger charge is 2.39. The zero-order chi connectivity index (χ0) is 15.7. The van der Waals surface area contributed by atoms with Crippen LogP contribution in [0.4, 0.5) is 4.79 Å². The third kappa shape index (κ3) is 2.81. The second-order valence-corrected chi connectivity index (χ2v) is 5.87. The lowest BCUT2D eigenvalue weighted by molar-refractivity contribution is -0.131. The average Bonchev–Trinajstić information content (AvgIpc) is 3.06. The number of hydrogen-bond acceptors (Lipinski definition) is 3. The van der Waals surface area contributed by atoms with E-state index in [1.165, 1.54) is 4.90 Å². The number of hydrogen-bond donors (Lipinski definition) is 1. The molecule has 0 aromatic heterocycles. The molecule has 22 heavy (non-hydrogen) atoms. The summed E-state index contributed by atoms with van der Waals surface area (Å²) in [6.45, 7) is 3.08. The number of likely N-dealkylation sites (tertiary alicyclic amines) is 1. The van der Waals surface area contributed by atoms with Crippen LogP contribution in [0, 0.1) is 6.92 Å². The summed E-state index contributed by atoms with van der Waals surface area (Å²) in [5.74, 6) is -0.164. The van der Waals surface area contributed by atoms with Gasteiger partial charge in [-0.3, -0.25) is 14.5 Å². The minimum Gasteiger partial charge on any atom is -0.340 e. The third-order valence-corrected chi connectivity index (χ3v) is 4.20. The van der Waals surface area contributed by atoms with E-state index in [1.807, 2.05) is 31.2 Å². The number of carbonyl (C=O) groups excluding carboxylic acids is 3. The molecule has 1 aromatic rings. The fourth-order valence-corrected chi connectivity index (χ4v) is 3.09. The number of amides is 4. The van der Waals surface area contributed by atoms with Crippen LogP contribution >= 0.6 is 0 Å². The van der Waals surface area contributed by atoms with Crippen molar-refractivity contribution in [1.29, 1.82) is 0 Å². The smallest absolute Gasteiger partial charge is 0.324 e. The van der Waals surface area contributed by atoms with Gasteiger partial charge in [-0.25, -0.2) is 4.79 Å². The van der Waals surface area contributed by atoms with E-state index in [4.69, 9.17) is 0 Å². The number of nitrogens with one attached hydrogen (secondary N) is 1. The highest BCUT2D eigenvalue weighted by Crippen LogP contribution is 2.19. The molecule has 0 bridgehead atoms. The first-order chi connectivity index (χ1) is 10.5. The Bertz CT molecular complexity index is 613. The molecule has 0 radical (unpaired) electrons. The van der Waals surface area contributed by atoms with Crippen molar-refractivity contribution in [2.24, 2.45) is 0 Å². The fourth-order valence-electron chi connectivity index (χ4n) is 3.09. The van der Waals surface area contributed by atoms with E-state index < -0.39 is 0 Å². The number of aryl methyl sites for hydroxylation is 1. The molecule has 0 saturated carbocycles. The van der Waals surface area contributed by atoms with Crippen molar-refractivity contribution in [3.8, 4) is 0 Å². The summed E-state index contributed by atoms with van der Waals surface area (Å²) in [5, 5.41) is 2.52. The van der Waals surface area contributed by atoms with Crippen molar-refractivity contribution < 1.29 is 14.4 Å². The van der Waals surface area contributed by atoms with Gasteiger partial charge in [-0.1, -0.05) is 29.8 Å². The Hall–Kier alpha value is -2.37. The van der Waals surface area contributed by atoms with Crippen LogP contribution in [0.2, 0.25) is 0 Å². The molecule has 0 aliphatic carbocycles. The maximum Gasteiger partial charge on any atom is 0.324 e. The lowest BCUT2D eigenvalue weighted by Gasteiger charge is -2.21. The maximum atomic E-state index is 12.4. The summed E-state index contributed by atoms with van der Waals surface area (Å²) in [7, 11) is 0. The van der Waals surface area contributed by atoms with Gasteiger partial charge in [0.2, 0.25) is 11.8 Å². The van der Waals surface area contributed by atoms with Gasteiger partial charge < -0.3 is 10.2 Å². The number of nitrogens with zero attached hydrogens (tertiary/aromatic N) is 2. The molecule has 2 fully saturated rings. The van der Waals surface area contributed by atoms with Crippen LogP contribution in [-0.4, -0.2) is 53.3 Å². The van der Waals surface area contributed by atoms with Crippen LogP contribution in [0.25, 0.3) is 0 Å². The summed E-state index contributed by atoms with van der Waals surface area (Å²) in [4.78, 5) is 38.8. The molecule has 1 N–H and O–H groups in total. The van der Waals surface area contributed by atoms with E-state index in [2.05, 4.69) is 5.32 Å². The molecule has 2 saturated heterocycles. The summed E-state index contributed by atoms with van der Waals surface area (Å²) < 4.78 is 0. The predicted molar refractivity (Wildman–Crippen MR) is 80.1 cm³/mol. The maximum absolute atomic E-state index is 12.4. The van der Waals surface area contributed by atoms with Gasteiger partial charge in [0, 0.05) is 13.1 Å². The number of urea groups is 1. The predicted octanol–water partition coefficient (Wildman–Crippen LogP) is 0.690. The van der Waals surface area contributed by atoms with Crippen LogP contribution in [0.5, 0.6) is 0 Å². The van der Waals surface area contributed by atoms with E-state index >= 15 is 0 Å². The van der Waals surface area contributed by atoms with Gasteiger partial charge in [0.05, 0.1) is 19.0 Å². The van der Waals surface area contributed by atoms with Gasteiger partial charge in [0.15, 0.2) is 0 Å². The van der Waals surface area contributed by atoms with Crippen molar-refractivity contribution in [2.75, 3.05) is 19.6 Å². The minimum atomic E-state index is -0.344. The van der Waals surface area contributed by atoms with E-state index in [1.54, 1.807) is 4.90 Å². The van der Waals surface area contributed by atoms with Gasteiger partial charge in [-0.2, -0.15) is 0 Å². The fraction of sp³-hybridized carbons (Fsp3) is 0.438. The Kier molecular flexibility index (Phi) is 3.83. The quantitative estimate of drug-likeness (QED) is 0.835. The van der Waals surface area contributed by atoms with Gasteiger partial charge in [0.1, 0.15) is 0 Å². The number of benzene rings is 1. The molecular weight excluding hydrogens is 282 g/mol. The normalized spacial score (nSPS) is 21.4. The Morgan fingerprint density at radius 1 is 1.36 bits per heavy atom. The largest absolute Gasteiger partial charge is 0.340 e. The van der Waals surface area contributed by atoms with Crippen molar-refractivity contribution in [1.82, 2.24) is 15.1 Å². The van der Waals surface area contributed by atoms with Crippen LogP contribution < -0.4 is 5.32 Å². The average molecular weight is 301 g/mol. The van der Waals surface area contributed by atoms with Crippen LogP contribution in [-0.2, 0) is 16.0 Å². The Labute approximate surface area is 129 Å². The molecule has 116 valence electrons. The molecule has 1 aromatic carbocycles. The third-order valence-electron chi connectivity index (χ3n) is 4.20. The van der Waals surface area contributed by atoms with E-state index in [9.17, 15) is 14.4 Å². The molecule has 2 aliphatic heterocycles. The lowest BCUT2D eigenvalue weighted by atomic mass is 10.1. The number of imide groups is 1.